The van der Waals surface area contributed by atoms with Gasteiger partial charge in [-0.2, -0.15) is 4.99 Å². The van der Waals surface area contributed by atoms with Crippen molar-refractivity contribution in [3.05, 3.63) is 39.6 Å². The maximum absolute atomic E-state index is 12.7. The lowest BCUT2D eigenvalue weighted by Crippen LogP contribution is -2.36. The number of thiazole rings is 1. The van der Waals surface area contributed by atoms with E-state index in [4.69, 9.17) is 14.2 Å². The van der Waals surface area contributed by atoms with E-state index in [2.05, 4.69) is 10.3 Å². The first kappa shape index (κ1) is 21.6. The Labute approximate surface area is 167 Å². The van der Waals surface area contributed by atoms with Gasteiger partial charge in [-0.05, 0) is 32.0 Å². The van der Waals surface area contributed by atoms with E-state index in [0.717, 1.165) is 4.88 Å². The van der Waals surface area contributed by atoms with Gasteiger partial charge in [-0.1, -0.05) is 0 Å². The van der Waals surface area contributed by atoms with Crippen LogP contribution in [0.5, 0.6) is 11.5 Å². The van der Waals surface area contributed by atoms with E-state index >= 15 is 0 Å². The second kappa shape index (κ2) is 10.0. The minimum atomic E-state index is -0.515. The molecule has 28 heavy (non-hydrogen) atoms. The number of hydrogen-bond acceptors (Lipinski definition) is 6. The smallest absolute Gasteiger partial charge is 0.279 e. The normalized spacial score (nSPS) is 12.5. The number of methoxy groups -OCH3 is 3. The molecule has 0 bridgehead atoms. The molecule has 9 heteroatoms. The Kier molecular flexibility index (Phi) is 7.77. The molecule has 0 saturated heterocycles. The van der Waals surface area contributed by atoms with Crippen molar-refractivity contribution in [3.63, 3.8) is 0 Å². The fraction of sp³-hybridized carbons (Fsp3) is 0.421. The molecule has 152 valence electrons. The molecule has 0 radical (unpaired) electrons. The molecule has 1 aromatic heterocycles. The molecule has 2 amide bonds. The summed E-state index contributed by atoms with van der Waals surface area (Å²) in [6, 6.07) is 4.34. The van der Waals surface area contributed by atoms with E-state index in [1.807, 2.05) is 13.1 Å². The quantitative estimate of drug-likeness (QED) is 0.676. The number of aromatic nitrogens is 1. The lowest BCUT2D eigenvalue weighted by atomic mass is 10.2. The highest BCUT2D eigenvalue weighted by Crippen LogP contribution is 2.27. The Bertz CT molecular complexity index is 903. The van der Waals surface area contributed by atoms with Crippen LogP contribution in [0.2, 0.25) is 0 Å². The van der Waals surface area contributed by atoms with Crippen molar-refractivity contribution >= 4 is 23.2 Å². The van der Waals surface area contributed by atoms with Gasteiger partial charge in [0.05, 0.1) is 20.8 Å². The summed E-state index contributed by atoms with van der Waals surface area (Å²) in [7, 11) is 4.60. The Morgan fingerprint density at radius 3 is 2.57 bits per heavy atom. The monoisotopic (exact) mass is 407 g/mol. The van der Waals surface area contributed by atoms with E-state index in [1.54, 1.807) is 36.8 Å². The summed E-state index contributed by atoms with van der Waals surface area (Å²) in [6.45, 7) is 4.51. The number of ether oxygens (including phenoxy) is 3. The van der Waals surface area contributed by atoms with Crippen molar-refractivity contribution in [2.75, 3.05) is 34.5 Å². The molecule has 2 aromatic rings. The fourth-order valence-corrected chi connectivity index (χ4v) is 3.40. The summed E-state index contributed by atoms with van der Waals surface area (Å²) >= 11 is 1.34. The maximum atomic E-state index is 12.7. The molecule has 0 aliphatic rings. The van der Waals surface area contributed by atoms with Gasteiger partial charge >= 0.3 is 0 Å². The van der Waals surface area contributed by atoms with Crippen LogP contribution in [-0.4, -0.2) is 50.9 Å². The summed E-state index contributed by atoms with van der Waals surface area (Å²) in [5, 5.41) is 2.79. The Balaban J connectivity index is 2.31. The van der Waals surface area contributed by atoms with Gasteiger partial charge < -0.3 is 24.1 Å². The maximum Gasteiger partial charge on any atom is 0.279 e. The molecule has 0 fully saturated rings. The fourth-order valence-electron chi connectivity index (χ4n) is 2.50. The number of carbonyl (C=O) groups excluding carboxylic acids is 2. The summed E-state index contributed by atoms with van der Waals surface area (Å²) in [4.78, 5) is 30.6. The van der Waals surface area contributed by atoms with Crippen molar-refractivity contribution in [2.24, 2.45) is 4.99 Å². The Morgan fingerprint density at radius 2 is 1.93 bits per heavy atom. The highest BCUT2D eigenvalue weighted by Gasteiger charge is 2.17. The number of amides is 2. The topological polar surface area (TPSA) is 91.2 Å². The van der Waals surface area contributed by atoms with Crippen molar-refractivity contribution in [1.29, 1.82) is 0 Å². The summed E-state index contributed by atoms with van der Waals surface area (Å²) in [5.41, 5.74) is 0.368. The zero-order valence-corrected chi connectivity index (χ0v) is 17.5. The van der Waals surface area contributed by atoms with Gasteiger partial charge in [0.15, 0.2) is 16.3 Å². The van der Waals surface area contributed by atoms with Gasteiger partial charge in [-0.15, -0.1) is 11.3 Å². The van der Waals surface area contributed by atoms with Gasteiger partial charge in [0.2, 0.25) is 5.91 Å². The lowest BCUT2D eigenvalue weighted by molar-refractivity contribution is -0.124. The van der Waals surface area contributed by atoms with Crippen molar-refractivity contribution in [1.82, 2.24) is 9.88 Å². The van der Waals surface area contributed by atoms with E-state index in [0.29, 0.717) is 35.0 Å². The second-order valence-electron chi connectivity index (χ2n) is 5.98. The molecular weight excluding hydrogens is 382 g/mol. The zero-order valence-electron chi connectivity index (χ0n) is 16.6. The molecule has 2 rings (SSSR count). The number of hydrogen-bond donors (Lipinski definition) is 1. The first-order chi connectivity index (χ1) is 13.4. The molecule has 0 aliphatic carbocycles. The third kappa shape index (κ3) is 5.20. The number of carbonyl (C=O) groups is 2. The van der Waals surface area contributed by atoms with E-state index in [9.17, 15) is 9.59 Å². The molecule has 1 atom stereocenters. The van der Waals surface area contributed by atoms with Crippen LogP contribution in [0, 0.1) is 6.92 Å². The average molecular weight is 407 g/mol. The average Bonchev–Trinajstić information content (AvgIpc) is 3.06. The minimum absolute atomic E-state index is 0.171. The van der Waals surface area contributed by atoms with Gasteiger partial charge in [0, 0.05) is 30.3 Å². The minimum Gasteiger partial charge on any atom is -0.493 e. The Hall–Kier alpha value is -2.65. The van der Waals surface area contributed by atoms with Crippen LogP contribution in [-0.2, 0) is 9.53 Å². The SMILES string of the molecule is COCCNC(=O)[C@@H](C)n1cc(C)sc1=NC(=O)c1ccc(OC)c(OC)c1. The molecular formula is C19H25N3O5S. The largest absolute Gasteiger partial charge is 0.493 e. The number of aryl methyl sites for hydroxylation is 1. The van der Waals surface area contributed by atoms with Crippen LogP contribution in [0.25, 0.3) is 0 Å². The molecule has 0 aliphatic heterocycles. The van der Waals surface area contributed by atoms with Crippen LogP contribution in [0.15, 0.2) is 29.4 Å². The van der Waals surface area contributed by atoms with Crippen molar-refractivity contribution < 1.29 is 23.8 Å². The van der Waals surface area contributed by atoms with Crippen LogP contribution in [0.4, 0.5) is 0 Å². The molecule has 0 saturated carbocycles. The summed E-state index contributed by atoms with van der Waals surface area (Å²) in [5.74, 6) is 0.380. The van der Waals surface area contributed by atoms with Gasteiger partial charge in [-0.3, -0.25) is 9.59 Å². The molecule has 0 spiro atoms. The van der Waals surface area contributed by atoms with Gasteiger partial charge in [0.25, 0.3) is 5.91 Å². The third-order valence-electron chi connectivity index (χ3n) is 4.02. The predicted molar refractivity (Wildman–Crippen MR) is 106 cm³/mol. The van der Waals surface area contributed by atoms with Gasteiger partial charge in [0.1, 0.15) is 6.04 Å². The van der Waals surface area contributed by atoms with E-state index in [1.165, 1.54) is 25.6 Å². The number of rotatable bonds is 8. The van der Waals surface area contributed by atoms with Crippen LogP contribution in [0.1, 0.15) is 28.2 Å². The van der Waals surface area contributed by atoms with Crippen LogP contribution < -0.4 is 19.6 Å². The first-order valence-corrected chi connectivity index (χ1v) is 9.49. The second-order valence-corrected chi connectivity index (χ2v) is 7.19. The predicted octanol–water partition coefficient (Wildman–Crippen LogP) is 1.94. The number of nitrogens with one attached hydrogen (secondary N) is 1. The number of benzene rings is 1. The summed E-state index contributed by atoms with van der Waals surface area (Å²) in [6.07, 6.45) is 1.81. The highest BCUT2D eigenvalue weighted by atomic mass is 32.1. The molecule has 1 N–H and O–H groups in total. The molecule has 8 nitrogen and oxygen atoms in total. The Morgan fingerprint density at radius 1 is 1.21 bits per heavy atom. The number of nitrogens with zero attached hydrogens (tertiary/aromatic N) is 2. The lowest BCUT2D eigenvalue weighted by Gasteiger charge is -2.13. The van der Waals surface area contributed by atoms with Crippen LogP contribution >= 0.6 is 11.3 Å². The summed E-state index contributed by atoms with van der Waals surface area (Å²) < 4.78 is 17.1. The molecule has 0 unspecified atom stereocenters. The van der Waals surface area contributed by atoms with Crippen LogP contribution in [0.3, 0.4) is 0 Å². The van der Waals surface area contributed by atoms with E-state index < -0.39 is 11.9 Å². The highest BCUT2D eigenvalue weighted by molar-refractivity contribution is 7.09. The standard InChI is InChI=1S/C19H25N3O5S/c1-12-11-22(13(2)17(23)20-8-9-25-3)19(28-12)21-18(24)14-6-7-15(26-4)16(10-14)27-5/h6-7,10-11,13H,8-9H2,1-5H3,(H,20,23)/t13-/m1/s1. The van der Waals surface area contributed by atoms with E-state index in [-0.39, 0.29) is 5.91 Å². The zero-order chi connectivity index (χ0) is 20.7. The first-order valence-electron chi connectivity index (χ1n) is 8.67. The molecule has 1 heterocycles. The van der Waals surface area contributed by atoms with Crippen molar-refractivity contribution in [2.45, 2.75) is 19.9 Å². The third-order valence-corrected chi connectivity index (χ3v) is 4.94. The van der Waals surface area contributed by atoms with Gasteiger partial charge in [-0.25, -0.2) is 0 Å². The van der Waals surface area contributed by atoms with Crippen molar-refractivity contribution in [3.8, 4) is 11.5 Å². The molecule has 1 aromatic carbocycles.